The second kappa shape index (κ2) is 15.7. The first-order valence-corrected chi connectivity index (χ1v) is 13.7. The van der Waals surface area contributed by atoms with Crippen LogP contribution in [0.15, 0.2) is 46.2 Å². The fourth-order valence-electron chi connectivity index (χ4n) is 4.44. The zero-order chi connectivity index (χ0) is 31.6. The van der Waals surface area contributed by atoms with Gasteiger partial charge in [-0.1, -0.05) is 27.0 Å². The molecule has 0 amide bonds. The number of fused-ring (bicyclic) bond motifs is 4. The van der Waals surface area contributed by atoms with Crippen LogP contribution >= 0.6 is 0 Å². The van der Waals surface area contributed by atoms with Gasteiger partial charge in [0.1, 0.15) is 29.0 Å². The third kappa shape index (κ3) is 7.95. The number of aliphatic imine (C=N–C) groups is 1. The Hall–Kier alpha value is -4.22. The SMILES string of the molecule is C=C(O)c1cc2c(cc1N=CC)-n1cc(C(=O)O)c(=O)/c(c1=C)=C/C(F)=C(/NC)C(C)O2.CCCN(CC)CCOC. The lowest BCUT2D eigenvalue weighted by Crippen LogP contribution is -2.47. The third-order valence-electron chi connectivity index (χ3n) is 6.60. The molecule has 3 rings (SSSR count). The van der Waals surface area contributed by atoms with Crippen molar-refractivity contribution in [2.24, 2.45) is 4.99 Å². The van der Waals surface area contributed by atoms with E-state index >= 15 is 4.39 Å². The Morgan fingerprint density at radius 3 is 2.50 bits per heavy atom. The van der Waals surface area contributed by atoms with Crippen molar-refractivity contribution in [3.05, 3.63) is 68.4 Å². The first kappa shape index (κ1) is 34.0. The summed E-state index contributed by atoms with van der Waals surface area (Å²) in [5.74, 6) is -2.39. The molecule has 0 radical (unpaired) electrons. The van der Waals surface area contributed by atoms with Gasteiger partial charge in [0.2, 0.25) is 5.43 Å². The van der Waals surface area contributed by atoms with E-state index in [9.17, 15) is 19.8 Å². The summed E-state index contributed by atoms with van der Waals surface area (Å²) in [6.07, 6.45) is 3.96. The number of aliphatic hydroxyl groups excluding tert-OH is 1. The number of carboxylic acids is 1. The average Bonchev–Trinajstić information content (AvgIpc) is 2.94. The molecule has 11 heteroatoms. The number of likely N-dealkylation sites (N-methyl/N-ethyl adjacent to an activating group) is 2. The number of rotatable bonds is 10. The predicted molar refractivity (Wildman–Crippen MR) is 165 cm³/mol. The molecule has 1 unspecified atom stereocenters. The molecule has 0 aliphatic carbocycles. The predicted octanol–water partition coefficient (Wildman–Crippen LogP) is 3.52. The minimum absolute atomic E-state index is 0.0314. The van der Waals surface area contributed by atoms with Gasteiger partial charge < -0.3 is 34.5 Å². The van der Waals surface area contributed by atoms with Gasteiger partial charge in [-0.25, -0.2) is 9.18 Å². The van der Waals surface area contributed by atoms with E-state index in [0.717, 1.165) is 32.0 Å². The molecule has 1 atom stereocenters. The molecule has 3 N–H and O–H groups in total. The van der Waals surface area contributed by atoms with Crippen LogP contribution in [0.1, 0.15) is 50.0 Å². The second-order valence-corrected chi connectivity index (χ2v) is 9.42. The smallest absolute Gasteiger partial charge is 0.341 e. The Morgan fingerprint density at radius 1 is 1.29 bits per heavy atom. The molecule has 228 valence electrons. The Balaban J connectivity index is 0.000000528. The van der Waals surface area contributed by atoms with Gasteiger partial charge in [0.05, 0.1) is 23.7 Å². The molecule has 0 saturated carbocycles. The van der Waals surface area contributed by atoms with Crippen LogP contribution in [0.4, 0.5) is 10.1 Å². The summed E-state index contributed by atoms with van der Waals surface area (Å²) in [5.41, 5.74) is -0.529. The number of aliphatic hydroxyl groups is 1. The van der Waals surface area contributed by atoms with Crippen LogP contribution in [0.5, 0.6) is 5.75 Å². The van der Waals surface area contributed by atoms with Crippen LogP contribution < -0.4 is 26.1 Å². The molecule has 10 nitrogen and oxygen atoms in total. The number of benzene rings is 1. The number of pyridine rings is 1. The first-order valence-electron chi connectivity index (χ1n) is 13.7. The lowest BCUT2D eigenvalue weighted by Gasteiger charge is -2.23. The van der Waals surface area contributed by atoms with Gasteiger partial charge in [0, 0.05) is 49.2 Å². The van der Waals surface area contributed by atoms with E-state index < -0.39 is 28.9 Å². The molecule has 42 heavy (non-hydrogen) atoms. The molecule has 1 aliphatic heterocycles. The van der Waals surface area contributed by atoms with E-state index in [4.69, 9.17) is 9.47 Å². The van der Waals surface area contributed by atoms with Crippen LogP contribution in [-0.2, 0) is 4.74 Å². The summed E-state index contributed by atoms with van der Waals surface area (Å²) in [5, 5.41) is 22.2. The molecule has 2 aromatic rings. The van der Waals surface area contributed by atoms with E-state index in [1.807, 2.05) is 0 Å². The van der Waals surface area contributed by atoms with Gasteiger partial charge in [-0.3, -0.25) is 9.79 Å². The summed E-state index contributed by atoms with van der Waals surface area (Å²) in [6.45, 7) is 19.4. The van der Waals surface area contributed by atoms with Crippen molar-refractivity contribution in [3.63, 3.8) is 0 Å². The standard InChI is InChI=1S/C23H22FN3O5.C8H19NO/c1-6-26-18-9-19-20(8-15(18)12(3)28)32-13(4)21(25-5)17(24)7-14-11(2)27(19)10-16(22(14)29)23(30)31;1-4-6-9(5-2)7-8-10-3/h6-10,13,25,28H,2-3H2,1,4-5H3,(H,30,31);4-8H2,1-3H3/b14-7+,21-17-,26-6?;. The van der Waals surface area contributed by atoms with Gasteiger partial charge in [0.25, 0.3) is 0 Å². The molecule has 1 aromatic carbocycles. The number of aromatic carboxylic acids is 1. The monoisotopic (exact) mass is 584 g/mol. The lowest BCUT2D eigenvalue weighted by atomic mass is 10.1. The number of carboxylic acid groups (broad SMARTS) is 1. The van der Waals surface area contributed by atoms with Gasteiger partial charge in [-0.05, 0) is 51.6 Å². The second-order valence-electron chi connectivity index (χ2n) is 9.42. The normalized spacial score (nSPS) is 17.0. The number of methoxy groups -OCH3 is 1. The summed E-state index contributed by atoms with van der Waals surface area (Å²) >= 11 is 0. The van der Waals surface area contributed by atoms with Gasteiger partial charge in [-0.15, -0.1) is 0 Å². The number of halogens is 1. The number of hydrogen-bond acceptors (Lipinski definition) is 8. The van der Waals surface area contributed by atoms with Gasteiger partial charge in [0.15, 0.2) is 0 Å². The lowest BCUT2D eigenvalue weighted by molar-refractivity contribution is 0.0694. The zero-order valence-corrected chi connectivity index (χ0v) is 25.2. The molecule has 0 spiro atoms. The van der Waals surface area contributed by atoms with Crippen LogP contribution in [-0.4, -0.2) is 78.4 Å². The van der Waals surface area contributed by atoms with Crippen molar-refractivity contribution in [2.75, 3.05) is 40.4 Å². The van der Waals surface area contributed by atoms with E-state index in [2.05, 4.69) is 42.2 Å². The summed E-state index contributed by atoms with van der Waals surface area (Å²) in [7, 11) is 3.24. The van der Waals surface area contributed by atoms with Gasteiger partial charge >= 0.3 is 5.97 Å². The number of allylic oxidation sites excluding steroid dienone is 1. The van der Waals surface area contributed by atoms with Crippen molar-refractivity contribution >= 4 is 36.3 Å². The molecule has 1 aliphatic rings. The fraction of sp³-hybridized carbons (Fsp3) is 0.387. The molecule has 0 saturated heterocycles. The number of nitrogens with zero attached hydrogens (tertiary/aromatic N) is 3. The maximum absolute atomic E-state index is 15.1. The molecule has 2 bridgehead atoms. The van der Waals surface area contributed by atoms with E-state index in [-0.39, 0.29) is 33.3 Å². The molecule has 1 aromatic heterocycles. The van der Waals surface area contributed by atoms with E-state index in [1.165, 1.54) is 42.9 Å². The van der Waals surface area contributed by atoms with Gasteiger partial charge in [-0.2, -0.15) is 0 Å². The number of carbonyl (C=O) groups is 1. The Morgan fingerprint density at radius 2 is 1.98 bits per heavy atom. The quantitative estimate of drug-likeness (QED) is 0.286. The minimum Gasteiger partial charge on any atom is -0.508 e. The Bertz CT molecular complexity index is 1530. The Kier molecular flexibility index (Phi) is 12.7. The largest absolute Gasteiger partial charge is 0.508 e. The molecule has 2 heterocycles. The van der Waals surface area contributed by atoms with Crippen molar-refractivity contribution < 1.29 is 28.9 Å². The topological polar surface area (TPSA) is 126 Å². The van der Waals surface area contributed by atoms with Crippen molar-refractivity contribution in [1.29, 1.82) is 0 Å². The maximum Gasteiger partial charge on any atom is 0.341 e. The number of hydrogen-bond donors (Lipinski definition) is 3. The maximum atomic E-state index is 15.1. The van der Waals surface area contributed by atoms with Crippen LogP contribution in [0.3, 0.4) is 0 Å². The van der Waals surface area contributed by atoms with Crippen LogP contribution in [0.25, 0.3) is 24.1 Å². The van der Waals surface area contributed by atoms with Crippen molar-refractivity contribution in [1.82, 2.24) is 14.8 Å². The fourth-order valence-corrected chi connectivity index (χ4v) is 4.44. The molecular weight excluding hydrogens is 543 g/mol. The number of aromatic nitrogens is 1. The number of nitrogens with one attached hydrogen (secondary N) is 1. The van der Waals surface area contributed by atoms with Crippen molar-refractivity contribution in [2.45, 2.75) is 40.2 Å². The average molecular weight is 585 g/mol. The van der Waals surface area contributed by atoms with Crippen molar-refractivity contribution in [3.8, 4) is 11.4 Å². The van der Waals surface area contributed by atoms with Crippen LogP contribution in [0, 0.1) is 0 Å². The van der Waals surface area contributed by atoms with E-state index in [1.54, 1.807) is 21.0 Å². The highest BCUT2D eigenvalue weighted by Gasteiger charge is 2.23. The Labute approximate surface area is 245 Å². The highest BCUT2D eigenvalue weighted by molar-refractivity contribution is 5.87. The summed E-state index contributed by atoms with van der Waals surface area (Å²) in [4.78, 5) is 31.2. The minimum atomic E-state index is -1.48. The van der Waals surface area contributed by atoms with E-state index in [0.29, 0.717) is 11.4 Å². The highest BCUT2D eigenvalue weighted by atomic mass is 19.1. The van der Waals surface area contributed by atoms with Crippen LogP contribution in [0.2, 0.25) is 0 Å². The molecule has 0 fully saturated rings. The summed E-state index contributed by atoms with van der Waals surface area (Å²) < 4.78 is 27.4. The number of ether oxygens (including phenoxy) is 2. The highest BCUT2D eigenvalue weighted by Crippen LogP contribution is 2.35. The summed E-state index contributed by atoms with van der Waals surface area (Å²) in [6, 6.07) is 3.00. The zero-order valence-electron chi connectivity index (χ0n) is 25.2. The third-order valence-corrected chi connectivity index (χ3v) is 6.60. The molecular formula is C31H41FN4O6. The first-order chi connectivity index (χ1) is 19.9.